The Morgan fingerprint density at radius 3 is 2.17 bits per heavy atom. The van der Waals surface area contributed by atoms with Crippen molar-refractivity contribution in [2.24, 2.45) is 5.92 Å². The number of esters is 1. The maximum absolute atomic E-state index is 13.4. The molecule has 0 radical (unpaired) electrons. The van der Waals surface area contributed by atoms with Crippen LogP contribution in [0.25, 0.3) is 0 Å². The van der Waals surface area contributed by atoms with Gasteiger partial charge >= 0.3 is 5.97 Å². The van der Waals surface area contributed by atoms with Crippen LogP contribution in [-0.4, -0.2) is 108 Å². The lowest BCUT2D eigenvalue weighted by atomic mass is 9.96. The minimum atomic E-state index is -0.969. The molecule has 1 unspecified atom stereocenters. The van der Waals surface area contributed by atoms with Crippen molar-refractivity contribution in [2.45, 2.75) is 58.1 Å². The number of likely N-dealkylation sites (tertiary alicyclic amines) is 1. The van der Waals surface area contributed by atoms with E-state index in [9.17, 15) is 24.0 Å². The standard InChI is InChI=1S/C29H39N5O6/c1-29(2,3)40-28(39)19-9-11-31(12-10-19)13-14-32-15-17-33(18-16-32)21-6-4-5-20-24(21)27(38)34(26(20)37)22-7-8-23(35)30-25(22)36/h4-6,19,22H,7-18H2,1-3H3,(H,30,35,36). The molecule has 40 heavy (non-hydrogen) atoms. The average molecular weight is 554 g/mol. The first kappa shape index (κ1) is 28.2. The van der Waals surface area contributed by atoms with Gasteiger partial charge < -0.3 is 14.5 Å². The monoisotopic (exact) mass is 553 g/mol. The van der Waals surface area contributed by atoms with Gasteiger partial charge in [-0.15, -0.1) is 0 Å². The number of nitrogens with zero attached hydrogens (tertiary/aromatic N) is 4. The number of anilines is 1. The van der Waals surface area contributed by atoms with Crippen LogP contribution in [0.1, 0.15) is 67.2 Å². The Morgan fingerprint density at radius 1 is 0.900 bits per heavy atom. The smallest absolute Gasteiger partial charge is 0.309 e. The lowest BCUT2D eigenvalue weighted by Gasteiger charge is -2.38. The number of carbonyl (C=O) groups excluding carboxylic acids is 5. The first-order chi connectivity index (χ1) is 19.0. The molecule has 3 fully saturated rings. The second kappa shape index (κ2) is 11.3. The van der Waals surface area contributed by atoms with Gasteiger partial charge in [-0.05, 0) is 65.3 Å². The van der Waals surface area contributed by atoms with E-state index < -0.39 is 29.4 Å². The number of hydrogen-bond donors (Lipinski definition) is 1. The Labute approximate surface area is 234 Å². The highest BCUT2D eigenvalue weighted by Crippen LogP contribution is 2.34. The number of fused-ring (bicyclic) bond motifs is 1. The van der Waals surface area contributed by atoms with E-state index in [0.29, 0.717) is 11.1 Å². The summed E-state index contributed by atoms with van der Waals surface area (Å²) >= 11 is 0. The van der Waals surface area contributed by atoms with Crippen LogP contribution < -0.4 is 10.2 Å². The topological polar surface area (TPSA) is 120 Å². The number of carbonyl (C=O) groups is 5. The summed E-state index contributed by atoms with van der Waals surface area (Å²) in [5.41, 5.74) is 0.920. The molecule has 216 valence electrons. The summed E-state index contributed by atoms with van der Waals surface area (Å²) in [6.07, 6.45) is 1.89. The third kappa shape index (κ3) is 5.90. The molecule has 4 heterocycles. The van der Waals surface area contributed by atoms with E-state index in [-0.39, 0.29) is 30.6 Å². The molecule has 11 heteroatoms. The lowest BCUT2D eigenvalue weighted by molar-refractivity contribution is -0.161. The van der Waals surface area contributed by atoms with Crippen LogP contribution in [0.15, 0.2) is 18.2 Å². The number of nitrogens with one attached hydrogen (secondary N) is 1. The number of piperidine rings is 2. The van der Waals surface area contributed by atoms with Crippen molar-refractivity contribution in [3.63, 3.8) is 0 Å². The van der Waals surface area contributed by atoms with Crippen LogP contribution >= 0.6 is 0 Å². The van der Waals surface area contributed by atoms with Gasteiger partial charge in [-0.3, -0.25) is 39.1 Å². The largest absolute Gasteiger partial charge is 0.460 e. The molecule has 0 aromatic heterocycles. The first-order valence-corrected chi connectivity index (χ1v) is 14.3. The SMILES string of the molecule is CC(C)(C)OC(=O)C1CCN(CCN2CCN(c3cccc4c3C(=O)N(C3CCC(=O)NC3=O)C4=O)CC2)CC1. The number of piperazine rings is 1. The van der Waals surface area contributed by atoms with Crippen LogP contribution in [0.5, 0.6) is 0 Å². The van der Waals surface area contributed by atoms with Crippen LogP contribution in [0.2, 0.25) is 0 Å². The van der Waals surface area contributed by atoms with Crippen molar-refractivity contribution < 1.29 is 28.7 Å². The molecule has 0 spiro atoms. The molecule has 11 nitrogen and oxygen atoms in total. The van der Waals surface area contributed by atoms with Crippen molar-refractivity contribution in [3.8, 4) is 0 Å². The van der Waals surface area contributed by atoms with Crippen LogP contribution in [-0.2, 0) is 19.1 Å². The van der Waals surface area contributed by atoms with E-state index in [1.807, 2.05) is 26.8 Å². The van der Waals surface area contributed by atoms with E-state index in [0.717, 1.165) is 75.8 Å². The van der Waals surface area contributed by atoms with Crippen molar-refractivity contribution in [2.75, 3.05) is 57.3 Å². The summed E-state index contributed by atoms with van der Waals surface area (Å²) in [5, 5.41) is 2.24. The third-order valence-electron chi connectivity index (χ3n) is 8.22. The maximum Gasteiger partial charge on any atom is 0.309 e. The molecule has 1 N–H and O–H groups in total. The summed E-state index contributed by atoms with van der Waals surface area (Å²) in [6.45, 7) is 12.4. The lowest BCUT2D eigenvalue weighted by Crippen LogP contribution is -2.54. The van der Waals surface area contributed by atoms with Crippen molar-refractivity contribution >= 4 is 35.3 Å². The maximum atomic E-state index is 13.4. The van der Waals surface area contributed by atoms with Gasteiger partial charge in [0.1, 0.15) is 11.6 Å². The van der Waals surface area contributed by atoms with Gasteiger partial charge in [-0.25, -0.2) is 0 Å². The molecule has 3 saturated heterocycles. The molecule has 0 saturated carbocycles. The van der Waals surface area contributed by atoms with Crippen molar-refractivity contribution in [1.82, 2.24) is 20.0 Å². The van der Waals surface area contributed by atoms with Gasteiger partial charge in [0.05, 0.1) is 22.7 Å². The van der Waals surface area contributed by atoms with Crippen LogP contribution in [0.3, 0.4) is 0 Å². The Bertz CT molecular complexity index is 1190. The fourth-order valence-electron chi connectivity index (χ4n) is 6.03. The highest BCUT2D eigenvalue weighted by atomic mass is 16.6. The van der Waals surface area contributed by atoms with Crippen LogP contribution in [0, 0.1) is 5.92 Å². The minimum Gasteiger partial charge on any atom is -0.460 e. The molecule has 5 rings (SSSR count). The van der Waals surface area contributed by atoms with Gasteiger partial charge in [0.2, 0.25) is 11.8 Å². The molecule has 1 atom stereocenters. The van der Waals surface area contributed by atoms with Gasteiger partial charge in [0, 0.05) is 45.7 Å². The molecule has 4 aliphatic rings. The molecule has 4 amide bonds. The summed E-state index contributed by atoms with van der Waals surface area (Å²) in [7, 11) is 0. The van der Waals surface area contributed by atoms with Crippen LogP contribution in [0.4, 0.5) is 5.69 Å². The van der Waals surface area contributed by atoms with E-state index >= 15 is 0 Å². The average Bonchev–Trinajstić information content (AvgIpc) is 3.17. The van der Waals surface area contributed by atoms with Crippen molar-refractivity contribution in [1.29, 1.82) is 0 Å². The molecule has 1 aromatic rings. The summed E-state index contributed by atoms with van der Waals surface area (Å²) in [6, 6.07) is 4.31. The Hall–Kier alpha value is -3.31. The fraction of sp³-hybridized carbons (Fsp3) is 0.621. The highest BCUT2D eigenvalue weighted by Gasteiger charge is 2.46. The predicted octanol–water partition coefficient (Wildman–Crippen LogP) is 1.26. The van der Waals surface area contributed by atoms with Crippen molar-refractivity contribution in [3.05, 3.63) is 29.3 Å². The van der Waals surface area contributed by atoms with Gasteiger partial charge in [-0.1, -0.05) is 6.07 Å². The summed E-state index contributed by atoms with van der Waals surface area (Å²) in [4.78, 5) is 70.9. The van der Waals surface area contributed by atoms with Gasteiger partial charge in [0.15, 0.2) is 0 Å². The molecule has 1 aromatic carbocycles. The van der Waals surface area contributed by atoms with Gasteiger partial charge in [0.25, 0.3) is 11.8 Å². The molecular formula is C29H39N5O6. The second-order valence-corrected chi connectivity index (χ2v) is 12.1. The highest BCUT2D eigenvalue weighted by molar-refractivity contribution is 6.25. The van der Waals surface area contributed by atoms with Gasteiger partial charge in [-0.2, -0.15) is 0 Å². The number of hydrogen-bond acceptors (Lipinski definition) is 9. The summed E-state index contributed by atoms with van der Waals surface area (Å²) in [5.74, 6) is -2.05. The first-order valence-electron chi connectivity index (χ1n) is 14.3. The Balaban J connectivity index is 1.13. The zero-order chi connectivity index (χ0) is 28.6. The van der Waals surface area contributed by atoms with E-state index in [1.54, 1.807) is 12.1 Å². The minimum absolute atomic E-state index is 0.0212. The summed E-state index contributed by atoms with van der Waals surface area (Å²) < 4.78 is 5.56. The number of benzene rings is 1. The number of rotatable bonds is 6. The van der Waals surface area contributed by atoms with E-state index in [2.05, 4.69) is 20.0 Å². The Morgan fingerprint density at radius 2 is 1.55 bits per heavy atom. The molecule has 4 aliphatic heterocycles. The number of imide groups is 2. The zero-order valence-corrected chi connectivity index (χ0v) is 23.6. The number of ether oxygens (including phenoxy) is 1. The Kier molecular flexibility index (Phi) is 7.96. The molecule has 0 bridgehead atoms. The van der Waals surface area contributed by atoms with E-state index in [1.165, 1.54) is 0 Å². The predicted molar refractivity (Wildman–Crippen MR) is 147 cm³/mol. The fourth-order valence-corrected chi connectivity index (χ4v) is 6.03. The zero-order valence-electron chi connectivity index (χ0n) is 23.6. The normalized spacial score (nSPS) is 23.4. The third-order valence-corrected chi connectivity index (χ3v) is 8.22. The molecule has 0 aliphatic carbocycles. The second-order valence-electron chi connectivity index (χ2n) is 12.1. The number of amides is 4. The molecular weight excluding hydrogens is 514 g/mol. The van der Waals surface area contributed by atoms with E-state index in [4.69, 9.17) is 4.74 Å². The quantitative estimate of drug-likeness (QED) is 0.410.